The Kier molecular flexibility index (Phi) is 4.08. The van der Waals surface area contributed by atoms with Crippen molar-refractivity contribution in [1.29, 1.82) is 0 Å². The van der Waals surface area contributed by atoms with Crippen molar-refractivity contribution in [3.63, 3.8) is 0 Å². The molecule has 2 aromatic heterocycles. The van der Waals surface area contributed by atoms with Gasteiger partial charge in [-0.15, -0.1) is 0 Å². The zero-order chi connectivity index (χ0) is 13.1. The summed E-state index contributed by atoms with van der Waals surface area (Å²) in [6.07, 6.45) is 5.29. The molecule has 0 aliphatic heterocycles. The fourth-order valence-corrected chi connectivity index (χ4v) is 2.47. The fourth-order valence-electron chi connectivity index (χ4n) is 1.97. The van der Waals surface area contributed by atoms with Crippen LogP contribution in [0.5, 0.6) is 0 Å². The fraction of sp³-hybridized carbons (Fsp3) is 0.417. The van der Waals surface area contributed by atoms with Crippen molar-refractivity contribution < 1.29 is 0 Å². The van der Waals surface area contributed by atoms with E-state index in [1.165, 1.54) is 0 Å². The van der Waals surface area contributed by atoms with E-state index >= 15 is 0 Å². The van der Waals surface area contributed by atoms with Gasteiger partial charge in [-0.05, 0) is 48.5 Å². The third kappa shape index (κ3) is 2.44. The predicted molar refractivity (Wildman–Crippen MR) is 73.2 cm³/mol. The van der Waals surface area contributed by atoms with Crippen LogP contribution in [-0.4, -0.2) is 27.0 Å². The van der Waals surface area contributed by atoms with E-state index in [4.69, 9.17) is 0 Å². The second-order valence-electron chi connectivity index (χ2n) is 4.31. The quantitative estimate of drug-likeness (QED) is 0.941. The van der Waals surface area contributed by atoms with E-state index in [9.17, 15) is 0 Å². The van der Waals surface area contributed by atoms with Gasteiger partial charge in [-0.2, -0.15) is 15.3 Å². The molecule has 0 fully saturated rings. The molecule has 2 aromatic rings. The summed E-state index contributed by atoms with van der Waals surface area (Å²) in [6, 6.07) is 2.30. The number of aromatic nitrogens is 4. The average Bonchev–Trinajstić information content (AvgIpc) is 2.74. The third-order valence-corrected chi connectivity index (χ3v) is 3.39. The largest absolute Gasteiger partial charge is 0.308 e. The molecule has 0 aliphatic rings. The van der Waals surface area contributed by atoms with Crippen LogP contribution >= 0.6 is 15.9 Å². The summed E-state index contributed by atoms with van der Waals surface area (Å²) in [7, 11) is 1.93. The number of hydrogen-bond donors (Lipinski definition) is 1. The number of hydrogen-bond acceptors (Lipinski definition) is 4. The molecule has 0 bridgehead atoms. The van der Waals surface area contributed by atoms with Crippen LogP contribution in [0.15, 0.2) is 29.1 Å². The lowest BCUT2D eigenvalue weighted by Crippen LogP contribution is -2.23. The molecule has 1 unspecified atom stereocenters. The molecule has 5 nitrogen and oxygen atoms in total. The Labute approximate surface area is 115 Å². The van der Waals surface area contributed by atoms with Crippen molar-refractivity contribution in [2.24, 2.45) is 0 Å². The first-order chi connectivity index (χ1) is 8.65. The Morgan fingerprint density at radius 3 is 2.61 bits per heavy atom. The van der Waals surface area contributed by atoms with E-state index in [1.54, 1.807) is 12.4 Å². The van der Waals surface area contributed by atoms with Gasteiger partial charge in [0.25, 0.3) is 0 Å². The van der Waals surface area contributed by atoms with Gasteiger partial charge in [0.1, 0.15) is 0 Å². The van der Waals surface area contributed by atoms with Gasteiger partial charge in [-0.3, -0.25) is 4.68 Å². The zero-order valence-corrected chi connectivity index (χ0v) is 12.2. The SMILES string of the molecule is CNC(c1ccnnc1)c1c(Br)cnn1C(C)C. The maximum Gasteiger partial charge on any atom is 0.0773 e. The van der Waals surface area contributed by atoms with Crippen LogP contribution in [0.2, 0.25) is 0 Å². The minimum Gasteiger partial charge on any atom is -0.308 e. The normalized spacial score (nSPS) is 12.9. The van der Waals surface area contributed by atoms with E-state index in [-0.39, 0.29) is 6.04 Å². The number of nitrogens with one attached hydrogen (secondary N) is 1. The first-order valence-corrected chi connectivity index (χ1v) is 6.61. The standard InChI is InChI=1S/C12H16BrN5/c1-8(2)18-12(10(13)7-17-18)11(14-3)9-4-5-15-16-6-9/h4-8,11,14H,1-3H3. The van der Waals surface area contributed by atoms with Gasteiger partial charge in [0.2, 0.25) is 0 Å². The van der Waals surface area contributed by atoms with Crippen LogP contribution in [0.25, 0.3) is 0 Å². The number of nitrogens with zero attached hydrogens (tertiary/aromatic N) is 4. The molecule has 0 aliphatic carbocycles. The average molecular weight is 310 g/mol. The van der Waals surface area contributed by atoms with Crippen LogP contribution in [0.1, 0.15) is 37.2 Å². The summed E-state index contributed by atoms with van der Waals surface area (Å²) in [5.74, 6) is 0. The first-order valence-electron chi connectivity index (χ1n) is 5.82. The summed E-state index contributed by atoms with van der Waals surface area (Å²) in [6.45, 7) is 4.22. The van der Waals surface area contributed by atoms with Crippen LogP contribution in [-0.2, 0) is 0 Å². The first kappa shape index (κ1) is 13.2. The van der Waals surface area contributed by atoms with Crippen molar-refractivity contribution in [2.75, 3.05) is 7.05 Å². The van der Waals surface area contributed by atoms with E-state index in [1.807, 2.05) is 24.0 Å². The summed E-state index contributed by atoms with van der Waals surface area (Å²) in [4.78, 5) is 0. The Morgan fingerprint density at radius 1 is 1.28 bits per heavy atom. The highest BCUT2D eigenvalue weighted by Gasteiger charge is 2.21. The molecule has 0 spiro atoms. The highest BCUT2D eigenvalue weighted by atomic mass is 79.9. The molecule has 0 aromatic carbocycles. The van der Waals surface area contributed by atoms with Gasteiger partial charge in [-0.1, -0.05) is 0 Å². The minimum atomic E-state index is 0.0415. The van der Waals surface area contributed by atoms with E-state index in [0.717, 1.165) is 15.7 Å². The summed E-state index contributed by atoms with van der Waals surface area (Å²) in [5, 5.41) is 15.4. The summed E-state index contributed by atoms with van der Waals surface area (Å²) < 4.78 is 3.00. The summed E-state index contributed by atoms with van der Waals surface area (Å²) in [5.41, 5.74) is 2.16. The Hall–Kier alpha value is -1.27. The molecule has 0 radical (unpaired) electrons. The molecule has 0 saturated heterocycles. The van der Waals surface area contributed by atoms with Crippen LogP contribution < -0.4 is 5.32 Å². The highest BCUT2D eigenvalue weighted by molar-refractivity contribution is 9.10. The lowest BCUT2D eigenvalue weighted by Gasteiger charge is -2.20. The molecule has 2 heterocycles. The Bertz CT molecular complexity index is 508. The van der Waals surface area contributed by atoms with Crippen LogP contribution in [0, 0.1) is 0 Å². The topological polar surface area (TPSA) is 55.6 Å². The zero-order valence-electron chi connectivity index (χ0n) is 10.6. The molecule has 0 saturated carbocycles. The van der Waals surface area contributed by atoms with Crippen LogP contribution in [0.4, 0.5) is 0 Å². The third-order valence-electron chi connectivity index (χ3n) is 2.78. The van der Waals surface area contributed by atoms with Crippen molar-refractivity contribution >= 4 is 15.9 Å². The van der Waals surface area contributed by atoms with Crippen molar-refractivity contribution in [1.82, 2.24) is 25.3 Å². The molecule has 1 N–H and O–H groups in total. The van der Waals surface area contributed by atoms with Gasteiger partial charge >= 0.3 is 0 Å². The monoisotopic (exact) mass is 309 g/mol. The molecular formula is C12H16BrN5. The van der Waals surface area contributed by atoms with Gasteiger partial charge < -0.3 is 5.32 Å². The predicted octanol–water partition coefficient (Wildman–Crippen LogP) is 2.33. The van der Waals surface area contributed by atoms with Gasteiger partial charge in [0.05, 0.1) is 28.6 Å². The van der Waals surface area contributed by atoms with Crippen molar-refractivity contribution in [3.05, 3.63) is 40.4 Å². The van der Waals surface area contributed by atoms with Crippen LogP contribution in [0.3, 0.4) is 0 Å². The van der Waals surface area contributed by atoms with Crippen molar-refractivity contribution in [2.45, 2.75) is 25.9 Å². The minimum absolute atomic E-state index is 0.0415. The molecule has 96 valence electrons. The Morgan fingerprint density at radius 2 is 2.06 bits per heavy atom. The highest BCUT2D eigenvalue weighted by Crippen LogP contribution is 2.29. The van der Waals surface area contributed by atoms with E-state index in [2.05, 4.69) is 50.4 Å². The van der Waals surface area contributed by atoms with E-state index in [0.29, 0.717) is 6.04 Å². The molecule has 6 heteroatoms. The maximum absolute atomic E-state index is 4.40. The lowest BCUT2D eigenvalue weighted by molar-refractivity contribution is 0.482. The smallest absolute Gasteiger partial charge is 0.0773 e. The Balaban J connectivity index is 2.48. The molecule has 0 amide bonds. The van der Waals surface area contributed by atoms with Gasteiger partial charge in [0, 0.05) is 12.2 Å². The molecule has 18 heavy (non-hydrogen) atoms. The van der Waals surface area contributed by atoms with Gasteiger partial charge in [-0.25, -0.2) is 0 Å². The summed E-state index contributed by atoms with van der Waals surface area (Å²) >= 11 is 3.56. The lowest BCUT2D eigenvalue weighted by atomic mass is 10.1. The number of halogens is 1. The number of rotatable bonds is 4. The molecule has 2 rings (SSSR count). The molecule has 1 atom stereocenters. The maximum atomic E-state index is 4.40. The van der Waals surface area contributed by atoms with Crippen molar-refractivity contribution in [3.8, 4) is 0 Å². The molecular weight excluding hydrogens is 294 g/mol. The van der Waals surface area contributed by atoms with Gasteiger partial charge in [0.15, 0.2) is 0 Å². The van der Waals surface area contributed by atoms with E-state index < -0.39 is 0 Å². The second kappa shape index (κ2) is 5.58. The second-order valence-corrected chi connectivity index (χ2v) is 5.17.